The van der Waals surface area contributed by atoms with Crippen LogP contribution in [0.25, 0.3) is 11.0 Å². The number of nitrogens with one attached hydrogen (secondary N) is 1. The molecular weight excluding hydrogens is 370 g/mol. The molecule has 2 aromatic carbocycles. The van der Waals surface area contributed by atoms with Gasteiger partial charge in [-0.3, -0.25) is 4.98 Å². The Kier molecular flexibility index (Phi) is 5.48. The Balaban J connectivity index is 1.42. The predicted molar refractivity (Wildman–Crippen MR) is 112 cm³/mol. The largest absolute Gasteiger partial charge is 0.497 e. The highest BCUT2D eigenvalue weighted by molar-refractivity contribution is 7.98. The number of aromatic amines is 1. The second kappa shape index (κ2) is 8.35. The molecule has 4 aromatic rings. The van der Waals surface area contributed by atoms with Gasteiger partial charge >= 0.3 is 0 Å². The van der Waals surface area contributed by atoms with E-state index in [0.29, 0.717) is 6.61 Å². The molecule has 5 nitrogen and oxygen atoms in total. The number of hydrogen-bond acceptors (Lipinski definition) is 5. The first kappa shape index (κ1) is 18.4. The van der Waals surface area contributed by atoms with E-state index in [-0.39, 0.29) is 0 Å². The van der Waals surface area contributed by atoms with Crippen LogP contribution in [-0.2, 0) is 12.4 Å². The molecule has 1 N–H and O–H groups in total. The van der Waals surface area contributed by atoms with E-state index in [9.17, 15) is 0 Å². The average molecular weight is 391 g/mol. The summed E-state index contributed by atoms with van der Waals surface area (Å²) in [5.41, 5.74) is 5.17. The zero-order valence-corrected chi connectivity index (χ0v) is 16.6. The highest BCUT2D eigenvalue weighted by Gasteiger charge is 2.10. The lowest BCUT2D eigenvalue weighted by Crippen LogP contribution is -2.00. The molecule has 0 aliphatic carbocycles. The van der Waals surface area contributed by atoms with Gasteiger partial charge in [-0.2, -0.15) is 0 Å². The molecule has 0 spiro atoms. The molecule has 0 fully saturated rings. The van der Waals surface area contributed by atoms with Crippen molar-refractivity contribution in [2.45, 2.75) is 24.4 Å². The van der Waals surface area contributed by atoms with Crippen LogP contribution in [0, 0.1) is 6.92 Å². The van der Waals surface area contributed by atoms with Crippen LogP contribution in [-0.4, -0.2) is 22.1 Å². The molecule has 2 heterocycles. The van der Waals surface area contributed by atoms with Crippen LogP contribution in [0.4, 0.5) is 0 Å². The van der Waals surface area contributed by atoms with Crippen molar-refractivity contribution in [3.05, 3.63) is 77.6 Å². The van der Waals surface area contributed by atoms with E-state index in [1.807, 2.05) is 61.5 Å². The van der Waals surface area contributed by atoms with Crippen LogP contribution < -0.4 is 9.47 Å². The summed E-state index contributed by atoms with van der Waals surface area (Å²) < 4.78 is 11.2. The lowest BCUT2D eigenvalue weighted by molar-refractivity contribution is 0.303. The summed E-state index contributed by atoms with van der Waals surface area (Å²) in [7, 11) is 1.66. The molecular formula is C22H21N3O2S. The Morgan fingerprint density at radius 2 is 1.86 bits per heavy atom. The highest BCUT2D eigenvalue weighted by atomic mass is 32.2. The van der Waals surface area contributed by atoms with Crippen molar-refractivity contribution in [1.29, 1.82) is 0 Å². The van der Waals surface area contributed by atoms with Crippen molar-refractivity contribution in [2.75, 3.05) is 7.11 Å². The normalized spacial score (nSPS) is 10.9. The van der Waals surface area contributed by atoms with Crippen LogP contribution in [0.1, 0.15) is 16.8 Å². The van der Waals surface area contributed by atoms with Gasteiger partial charge < -0.3 is 14.5 Å². The van der Waals surface area contributed by atoms with Gasteiger partial charge in [-0.05, 0) is 42.8 Å². The topological polar surface area (TPSA) is 60.0 Å². The Hall–Kier alpha value is -2.99. The third kappa shape index (κ3) is 4.12. The molecule has 0 aliphatic rings. The maximum Gasteiger partial charge on any atom is 0.166 e. The monoisotopic (exact) mass is 391 g/mol. The van der Waals surface area contributed by atoms with Gasteiger partial charge in [0, 0.05) is 17.5 Å². The SMILES string of the molecule is COc1ccc(COc2ccnc(CSc3nc4ccccc4[nH]3)c2C)cc1. The smallest absolute Gasteiger partial charge is 0.166 e. The molecule has 6 heteroatoms. The van der Waals surface area contributed by atoms with E-state index < -0.39 is 0 Å². The van der Waals surface area contributed by atoms with Gasteiger partial charge in [0.1, 0.15) is 18.1 Å². The number of pyridine rings is 1. The lowest BCUT2D eigenvalue weighted by Gasteiger charge is -2.12. The summed E-state index contributed by atoms with van der Waals surface area (Å²) >= 11 is 1.64. The number of H-pyrrole nitrogens is 1. The fraction of sp³-hybridized carbons (Fsp3) is 0.182. The molecule has 2 aromatic heterocycles. The number of thioether (sulfide) groups is 1. The minimum atomic E-state index is 0.505. The summed E-state index contributed by atoms with van der Waals surface area (Å²) in [6, 6.07) is 17.8. The number of para-hydroxylation sites is 2. The highest BCUT2D eigenvalue weighted by Crippen LogP contribution is 2.27. The van der Waals surface area contributed by atoms with Gasteiger partial charge in [-0.25, -0.2) is 4.98 Å². The number of fused-ring (bicyclic) bond motifs is 1. The summed E-state index contributed by atoms with van der Waals surface area (Å²) in [5.74, 6) is 2.42. The van der Waals surface area contributed by atoms with Gasteiger partial charge in [-0.15, -0.1) is 0 Å². The zero-order chi connectivity index (χ0) is 19.3. The van der Waals surface area contributed by atoms with Gasteiger partial charge in [0.25, 0.3) is 0 Å². The molecule has 4 rings (SSSR count). The first-order valence-corrected chi connectivity index (χ1v) is 9.99. The van der Waals surface area contributed by atoms with E-state index >= 15 is 0 Å². The van der Waals surface area contributed by atoms with Crippen LogP contribution in [0.2, 0.25) is 0 Å². The average Bonchev–Trinajstić information content (AvgIpc) is 3.15. The Labute approximate surface area is 168 Å². The Bertz CT molecular complexity index is 1040. The first-order chi connectivity index (χ1) is 13.7. The fourth-order valence-corrected chi connectivity index (χ4v) is 3.79. The molecule has 0 bridgehead atoms. The van der Waals surface area contributed by atoms with Gasteiger partial charge in [0.2, 0.25) is 0 Å². The number of rotatable bonds is 7. The van der Waals surface area contributed by atoms with Gasteiger partial charge in [0.15, 0.2) is 5.16 Å². The van der Waals surface area contributed by atoms with Crippen molar-refractivity contribution in [3.63, 3.8) is 0 Å². The van der Waals surface area contributed by atoms with Crippen LogP contribution in [0.3, 0.4) is 0 Å². The minimum Gasteiger partial charge on any atom is -0.497 e. The second-order valence-corrected chi connectivity index (χ2v) is 7.33. The predicted octanol–water partition coefficient (Wildman–Crippen LogP) is 5.15. The Morgan fingerprint density at radius 1 is 1.04 bits per heavy atom. The molecule has 0 radical (unpaired) electrons. The number of hydrogen-bond donors (Lipinski definition) is 1. The molecule has 142 valence electrons. The fourth-order valence-electron chi connectivity index (χ4n) is 2.88. The molecule has 0 atom stereocenters. The third-order valence-corrected chi connectivity index (χ3v) is 5.41. The van der Waals surface area contributed by atoms with Crippen LogP contribution in [0.5, 0.6) is 11.5 Å². The van der Waals surface area contributed by atoms with Crippen molar-refractivity contribution in [1.82, 2.24) is 15.0 Å². The van der Waals surface area contributed by atoms with E-state index in [0.717, 1.165) is 50.3 Å². The van der Waals surface area contributed by atoms with Crippen molar-refractivity contribution in [3.8, 4) is 11.5 Å². The van der Waals surface area contributed by atoms with Crippen molar-refractivity contribution >= 4 is 22.8 Å². The number of benzene rings is 2. The van der Waals surface area contributed by atoms with Crippen LogP contribution >= 0.6 is 11.8 Å². The van der Waals surface area contributed by atoms with Crippen molar-refractivity contribution < 1.29 is 9.47 Å². The van der Waals surface area contributed by atoms with Crippen molar-refractivity contribution in [2.24, 2.45) is 0 Å². The maximum atomic E-state index is 6.02. The van der Waals surface area contributed by atoms with Gasteiger partial charge in [-0.1, -0.05) is 36.0 Å². The van der Waals surface area contributed by atoms with Crippen LogP contribution in [0.15, 0.2) is 66.0 Å². The molecule has 0 unspecified atom stereocenters. The summed E-state index contributed by atoms with van der Waals surface area (Å²) in [6.45, 7) is 2.55. The number of methoxy groups -OCH3 is 1. The maximum absolute atomic E-state index is 6.02. The number of ether oxygens (including phenoxy) is 2. The van der Waals surface area contributed by atoms with E-state index in [4.69, 9.17) is 9.47 Å². The number of nitrogens with zero attached hydrogens (tertiary/aromatic N) is 2. The van der Waals surface area contributed by atoms with E-state index in [2.05, 4.69) is 15.0 Å². The summed E-state index contributed by atoms with van der Waals surface area (Å²) in [5, 5.41) is 0.895. The van der Waals surface area contributed by atoms with E-state index in [1.165, 1.54) is 0 Å². The third-order valence-electron chi connectivity index (χ3n) is 4.53. The number of imidazole rings is 1. The summed E-state index contributed by atoms with van der Waals surface area (Å²) in [4.78, 5) is 12.5. The number of aromatic nitrogens is 3. The van der Waals surface area contributed by atoms with E-state index in [1.54, 1.807) is 25.1 Å². The summed E-state index contributed by atoms with van der Waals surface area (Å²) in [6.07, 6.45) is 1.80. The molecule has 0 saturated carbocycles. The second-order valence-electron chi connectivity index (χ2n) is 6.37. The van der Waals surface area contributed by atoms with Gasteiger partial charge in [0.05, 0.1) is 23.8 Å². The minimum absolute atomic E-state index is 0.505. The Morgan fingerprint density at radius 3 is 2.64 bits per heavy atom. The molecule has 0 aliphatic heterocycles. The molecule has 28 heavy (non-hydrogen) atoms. The lowest BCUT2D eigenvalue weighted by atomic mass is 10.2. The molecule has 0 amide bonds. The molecule has 0 saturated heterocycles. The standard InChI is InChI=1S/C22H21N3O2S/c1-15-20(14-28-22-24-18-5-3-4-6-19(18)25-22)23-12-11-21(15)27-13-16-7-9-17(26-2)10-8-16/h3-12H,13-14H2,1-2H3,(H,24,25). The first-order valence-electron chi connectivity index (χ1n) is 9.00. The zero-order valence-electron chi connectivity index (χ0n) is 15.8. The quantitative estimate of drug-likeness (QED) is 0.442.